The lowest BCUT2D eigenvalue weighted by atomic mass is 10.2. The average Bonchev–Trinajstić information content (AvgIpc) is 2.65. The first-order chi connectivity index (χ1) is 12.6. The van der Waals surface area contributed by atoms with Crippen LogP contribution in [0.4, 0.5) is 0 Å². The van der Waals surface area contributed by atoms with Crippen molar-refractivity contribution in [3.05, 3.63) is 63.1 Å². The molecule has 0 atom stereocenters. The zero-order valence-corrected chi connectivity index (χ0v) is 17.9. The van der Waals surface area contributed by atoms with E-state index in [0.29, 0.717) is 6.61 Å². The van der Waals surface area contributed by atoms with Crippen LogP contribution >= 0.6 is 27.5 Å². The second-order valence-electron chi connectivity index (χ2n) is 6.24. The van der Waals surface area contributed by atoms with Gasteiger partial charge in [0.2, 0.25) is 0 Å². The van der Waals surface area contributed by atoms with Gasteiger partial charge < -0.3 is 15.0 Å². The summed E-state index contributed by atoms with van der Waals surface area (Å²) >= 11 is 9.52. The number of nitrogens with one attached hydrogen (secondary N) is 1. The van der Waals surface area contributed by atoms with Crippen molar-refractivity contribution in [2.45, 2.75) is 33.4 Å². The molecule has 142 valence electrons. The minimum atomic E-state index is 0.527. The first-order valence-corrected chi connectivity index (χ1v) is 10.4. The lowest BCUT2D eigenvalue weighted by Crippen LogP contribution is -2.27. The van der Waals surface area contributed by atoms with E-state index in [4.69, 9.17) is 16.3 Å². The van der Waals surface area contributed by atoms with E-state index in [9.17, 15) is 0 Å². The Hall–Kier alpha value is -1.07. The predicted molar refractivity (Wildman–Crippen MR) is 114 cm³/mol. The Kier molecular flexibility index (Phi) is 9.48. The maximum atomic E-state index is 5.91. The Morgan fingerprint density at radius 3 is 2.38 bits per heavy atom. The normalized spacial score (nSPS) is 11.1. The maximum Gasteiger partial charge on any atom is 0.134 e. The molecule has 2 aromatic rings. The van der Waals surface area contributed by atoms with E-state index in [1.165, 1.54) is 12.0 Å². The van der Waals surface area contributed by atoms with Gasteiger partial charge in [0.05, 0.1) is 4.47 Å². The number of rotatable bonds is 11. The molecule has 0 radical (unpaired) electrons. The molecular formula is C21H28BrClN2O. The van der Waals surface area contributed by atoms with Gasteiger partial charge in [-0.3, -0.25) is 0 Å². The van der Waals surface area contributed by atoms with Crippen LogP contribution in [0, 0.1) is 0 Å². The highest BCUT2D eigenvalue weighted by Gasteiger charge is 2.04. The topological polar surface area (TPSA) is 24.5 Å². The van der Waals surface area contributed by atoms with E-state index < -0.39 is 0 Å². The zero-order chi connectivity index (χ0) is 18.8. The van der Waals surface area contributed by atoms with Crippen molar-refractivity contribution in [2.75, 3.05) is 26.2 Å². The van der Waals surface area contributed by atoms with Crippen LogP contribution in [0.1, 0.15) is 31.4 Å². The molecule has 0 spiro atoms. The second-order valence-corrected chi connectivity index (χ2v) is 7.53. The molecule has 2 rings (SSSR count). The van der Waals surface area contributed by atoms with E-state index >= 15 is 0 Å². The molecule has 0 amide bonds. The molecule has 0 heterocycles. The van der Waals surface area contributed by atoms with Crippen molar-refractivity contribution in [2.24, 2.45) is 0 Å². The lowest BCUT2D eigenvalue weighted by Gasteiger charge is -2.17. The highest BCUT2D eigenvalue weighted by molar-refractivity contribution is 9.10. The van der Waals surface area contributed by atoms with Crippen LogP contribution in [-0.2, 0) is 13.2 Å². The number of hydrogen-bond donors (Lipinski definition) is 1. The summed E-state index contributed by atoms with van der Waals surface area (Å²) in [5.41, 5.74) is 2.35. The average molecular weight is 440 g/mol. The van der Waals surface area contributed by atoms with Crippen LogP contribution < -0.4 is 10.1 Å². The second kappa shape index (κ2) is 11.6. The predicted octanol–water partition coefficient (Wildman–Crippen LogP) is 5.50. The molecule has 26 heavy (non-hydrogen) atoms. The van der Waals surface area contributed by atoms with Gasteiger partial charge in [-0.05, 0) is 83.9 Å². The summed E-state index contributed by atoms with van der Waals surface area (Å²) in [6.07, 6.45) is 1.17. The van der Waals surface area contributed by atoms with Crippen molar-refractivity contribution in [3.63, 3.8) is 0 Å². The van der Waals surface area contributed by atoms with E-state index in [2.05, 4.69) is 52.1 Å². The fourth-order valence-corrected chi connectivity index (χ4v) is 3.38. The van der Waals surface area contributed by atoms with Gasteiger partial charge in [0.1, 0.15) is 12.4 Å². The van der Waals surface area contributed by atoms with Gasteiger partial charge in [-0.1, -0.05) is 43.6 Å². The van der Waals surface area contributed by atoms with Gasteiger partial charge >= 0.3 is 0 Å². The number of halogens is 2. The summed E-state index contributed by atoms with van der Waals surface area (Å²) < 4.78 is 6.88. The van der Waals surface area contributed by atoms with Crippen molar-refractivity contribution >= 4 is 27.5 Å². The van der Waals surface area contributed by atoms with E-state index in [-0.39, 0.29) is 0 Å². The Balaban J connectivity index is 1.75. The minimum Gasteiger partial charge on any atom is -0.488 e. The van der Waals surface area contributed by atoms with Crippen LogP contribution in [0.5, 0.6) is 5.75 Å². The SMILES string of the molecule is CCN(CC)CCCNCc1ccc(OCc2ccc(Cl)cc2)c(Br)c1. The largest absolute Gasteiger partial charge is 0.488 e. The monoisotopic (exact) mass is 438 g/mol. The van der Waals surface area contributed by atoms with Crippen molar-refractivity contribution in [1.29, 1.82) is 0 Å². The first-order valence-electron chi connectivity index (χ1n) is 9.21. The van der Waals surface area contributed by atoms with Crippen LogP contribution in [0.2, 0.25) is 5.02 Å². The van der Waals surface area contributed by atoms with Crippen LogP contribution in [0.3, 0.4) is 0 Å². The molecule has 0 aliphatic heterocycles. The summed E-state index contributed by atoms with van der Waals surface area (Å²) in [5.74, 6) is 0.852. The first kappa shape index (κ1) is 21.2. The molecule has 0 aromatic heterocycles. The van der Waals surface area contributed by atoms with Crippen molar-refractivity contribution < 1.29 is 4.74 Å². The van der Waals surface area contributed by atoms with Gasteiger partial charge in [-0.25, -0.2) is 0 Å². The lowest BCUT2D eigenvalue weighted by molar-refractivity contribution is 0.298. The highest BCUT2D eigenvalue weighted by Crippen LogP contribution is 2.27. The molecule has 0 aliphatic carbocycles. The van der Waals surface area contributed by atoms with Crippen LogP contribution in [-0.4, -0.2) is 31.1 Å². The van der Waals surface area contributed by atoms with E-state index in [1.54, 1.807) is 0 Å². The molecule has 0 saturated carbocycles. The molecule has 0 aliphatic rings. The smallest absolute Gasteiger partial charge is 0.134 e. The molecule has 2 aromatic carbocycles. The number of benzene rings is 2. The summed E-state index contributed by atoms with van der Waals surface area (Å²) in [4.78, 5) is 2.45. The molecule has 0 fully saturated rings. The van der Waals surface area contributed by atoms with Crippen LogP contribution in [0.25, 0.3) is 0 Å². The summed E-state index contributed by atoms with van der Waals surface area (Å²) in [5, 5.41) is 4.25. The van der Waals surface area contributed by atoms with Crippen molar-refractivity contribution in [3.8, 4) is 5.75 Å². The summed E-state index contributed by atoms with van der Waals surface area (Å²) in [6, 6.07) is 14.0. The van der Waals surface area contributed by atoms with Gasteiger partial charge in [0.25, 0.3) is 0 Å². The number of hydrogen-bond acceptors (Lipinski definition) is 3. The molecule has 5 heteroatoms. The Morgan fingerprint density at radius 1 is 1.04 bits per heavy atom. The van der Waals surface area contributed by atoms with E-state index in [1.807, 2.05) is 30.3 Å². The standard InChI is InChI=1S/C21H28BrClN2O/c1-3-25(4-2)13-5-12-24-15-18-8-11-21(20(22)14-18)26-16-17-6-9-19(23)10-7-17/h6-11,14,24H,3-5,12-13,15-16H2,1-2H3. The van der Waals surface area contributed by atoms with Gasteiger partial charge in [-0.2, -0.15) is 0 Å². The molecule has 0 saturated heterocycles. The van der Waals surface area contributed by atoms with Crippen LogP contribution in [0.15, 0.2) is 46.9 Å². The minimum absolute atomic E-state index is 0.527. The summed E-state index contributed by atoms with van der Waals surface area (Å²) in [7, 11) is 0. The Bertz CT molecular complexity index is 660. The molecule has 0 bridgehead atoms. The third-order valence-electron chi connectivity index (χ3n) is 4.36. The molecule has 3 nitrogen and oxygen atoms in total. The van der Waals surface area contributed by atoms with E-state index in [0.717, 1.165) is 53.5 Å². The highest BCUT2D eigenvalue weighted by atomic mass is 79.9. The third kappa shape index (κ3) is 7.28. The Labute approximate surface area is 170 Å². The molecule has 0 unspecified atom stereocenters. The van der Waals surface area contributed by atoms with Crippen molar-refractivity contribution in [1.82, 2.24) is 10.2 Å². The molecule has 1 N–H and O–H groups in total. The quantitative estimate of drug-likeness (QED) is 0.468. The van der Waals surface area contributed by atoms with Gasteiger partial charge in [0, 0.05) is 11.6 Å². The van der Waals surface area contributed by atoms with Gasteiger partial charge in [0.15, 0.2) is 0 Å². The Morgan fingerprint density at radius 2 is 1.73 bits per heavy atom. The third-order valence-corrected chi connectivity index (χ3v) is 5.23. The fraction of sp³-hybridized carbons (Fsp3) is 0.429. The molecular weight excluding hydrogens is 412 g/mol. The summed E-state index contributed by atoms with van der Waals surface area (Å²) in [6.45, 7) is 10.3. The number of nitrogens with zero attached hydrogens (tertiary/aromatic N) is 1. The maximum absolute atomic E-state index is 5.91. The number of ether oxygens (including phenoxy) is 1. The fourth-order valence-electron chi connectivity index (χ4n) is 2.71. The van der Waals surface area contributed by atoms with Gasteiger partial charge in [-0.15, -0.1) is 0 Å². The zero-order valence-electron chi connectivity index (χ0n) is 15.6.